The van der Waals surface area contributed by atoms with E-state index in [4.69, 9.17) is 18.1 Å². The Morgan fingerprint density at radius 3 is 1.09 bits per heavy atom. The van der Waals surface area contributed by atoms with E-state index in [0.717, 1.165) is 56.0 Å². The highest BCUT2D eigenvalue weighted by molar-refractivity contribution is 7.27. The molecule has 0 aliphatic rings. The van der Waals surface area contributed by atoms with Crippen molar-refractivity contribution < 1.29 is 18.1 Å². The van der Waals surface area contributed by atoms with E-state index in [9.17, 15) is 0 Å². The van der Waals surface area contributed by atoms with Crippen molar-refractivity contribution in [2.24, 2.45) is 0 Å². The standard InChI is InChI=1S/C49H58O4P2/c1-46(2,3)38-23-21-32-30-44(40(48(7,8)9)28-36(32)26-38)52-54-50-42-19-15-13-17-34(42)25-35-18-14-16-20-43(35)51-55-53-45-31-33-22-24-39(47(4,5)6)27-37(33)29-41(45)49(10,11)12/h13-24,26-31,54-55H,25H2,1-12H3. The summed E-state index contributed by atoms with van der Waals surface area (Å²) in [6, 6.07) is 38.7. The van der Waals surface area contributed by atoms with Crippen LogP contribution in [0.25, 0.3) is 21.5 Å². The highest BCUT2D eigenvalue weighted by Crippen LogP contribution is 2.42. The summed E-state index contributed by atoms with van der Waals surface area (Å²) < 4.78 is 25.7. The summed E-state index contributed by atoms with van der Waals surface area (Å²) in [6.45, 7) is 26.9. The molecule has 4 nitrogen and oxygen atoms in total. The molecule has 6 rings (SSSR count). The number of hydrogen-bond acceptors (Lipinski definition) is 4. The second kappa shape index (κ2) is 15.8. The van der Waals surface area contributed by atoms with Crippen molar-refractivity contribution in [3.63, 3.8) is 0 Å². The van der Waals surface area contributed by atoms with Crippen LogP contribution in [0.15, 0.2) is 109 Å². The first-order chi connectivity index (χ1) is 25.8. The zero-order valence-electron chi connectivity index (χ0n) is 34.7. The normalized spacial score (nSPS) is 13.0. The van der Waals surface area contributed by atoms with Crippen LogP contribution in [-0.2, 0) is 28.1 Å². The first-order valence-electron chi connectivity index (χ1n) is 19.3. The van der Waals surface area contributed by atoms with E-state index in [-0.39, 0.29) is 39.7 Å². The van der Waals surface area contributed by atoms with Gasteiger partial charge in [-0.15, -0.1) is 0 Å². The molecule has 0 aliphatic carbocycles. The third-order valence-electron chi connectivity index (χ3n) is 10.2. The van der Waals surface area contributed by atoms with E-state index in [0.29, 0.717) is 6.42 Å². The molecule has 0 aromatic heterocycles. The Morgan fingerprint density at radius 2 is 0.727 bits per heavy atom. The van der Waals surface area contributed by atoms with Gasteiger partial charge in [0.25, 0.3) is 18.1 Å². The predicted octanol–water partition coefficient (Wildman–Crippen LogP) is 14.7. The van der Waals surface area contributed by atoms with E-state index in [1.165, 1.54) is 21.9 Å². The van der Waals surface area contributed by atoms with E-state index in [2.05, 4.69) is 156 Å². The maximum Gasteiger partial charge on any atom is 0.275 e. The Bertz CT molecular complexity index is 2140. The molecule has 6 aromatic carbocycles. The van der Waals surface area contributed by atoms with Gasteiger partial charge in [-0.05, 0) is 102 Å². The van der Waals surface area contributed by atoms with E-state index < -0.39 is 0 Å². The lowest BCUT2D eigenvalue weighted by Gasteiger charge is -2.25. The zero-order chi connectivity index (χ0) is 39.8. The first kappa shape index (κ1) is 40.6. The van der Waals surface area contributed by atoms with Crippen molar-refractivity contribution in [2.45, 2.75) is 111 Å². The Balaban J connectivity index is 1.16. The first-order valence-corrected chi connectivity index (χ1v) is 20.9. The van der Waals surface area contributed by atoms with Crippen molar-refractivity contribution in [1.82, 2.24) is 0 Å². The molecule has 288 valence electrons. The number of rotatable bonds is 10. The maximum absolute atomic E-state index is 6.44. The van der Waals surface area contributed by atoms with E-state index in [1.54, 1.807) is 0 Å². The summed E-state index contributed by atoms with van der Waals surface area (Å²) in [7, 11) is -0.413. The quantitative estimate of drug-likeness (QED) is 0.130. The van der Waals surface area contributed by atoms with Gasteiger partial charge in [-0.1, -0.05) is 156 Å². The van der Waals surface area contributed by atoms with Gasteiger partial charge in [0.05, 0.1) is 0 Å². The lowest BCUT2D eigenvalue weighted by Crippen LogP contribution is -2.13. The molecule has 6 heteroatoms. The van der Waals surface area contributed by atoms with Crippen molar-refractivity contribution in [3.8, 4) is 23.0 Å². The molecule has 0 aliphatic heterocycles. The molecule has 0 saturated heterocycles. The molecule has 0 N–H and O–H groups in total. The van der Waals surface area contributed by atoms with E-state index in [1.807, 2.05) is 36.4 Å². The van der Waals surface area contributed by atoms with Gasteiger partial charge >= 0.3 is 0 Å². The Kier molecular flexibility index (Phi) is 11.7. The summed E-state index contributed by atoms with van der Waals surface area (Å²) in [4.78, 5) is 0. The minimum absolute atomic E-state index is 0.0833. The third-order valence-corrected chi connectivity index (χ3v) is 11.4. The van der Waals surface area contributed by atoms with Crippen LogP contribution in [0.2, 0.25) is 0 Å². The van der Waals surface area contributed by atoms with Crippen LogP contribution in [0.3, 0.4) is 0 Å². The fourth-order valence-corrected chi connectivity index (χ4v) is 7.93. The molecule has 0 bridgehead atoms. The number of fused-ring (bicyclic) bond motifs is 2. The van der Waals surface area contributed by atoms with Crippen molar-refractivity contribution in [3.05, 3.63) is 143 Å². The van der Waals surface area contributed by atoms with Crippen molar-refractivity contribution >= 4 is 39.6 Å². The summed E-state index contributed by atoms with van der Waals surface area (Å²) in [5.41, 5.74) is 7.06. The van der Waals surface area contributed by atoms with Gasteiger partial charge in [0.1, 0.15) is 23.0 Å². The van der Waals surface area contributed by atoms with Crippen LogP contribution < -0.4 is 18.1 Å². The fourth-order valence-electron chi connectivity index (χ4n) is 6.75. The second-order valence-electron chi connectivity index (χ2n) is 18.8. The highest BCUT2D eigenvalue weighted by atomic mass is 31.1. The molecule has 0 amide bonds. The van der Waals surface area contributed by atoms with Crippen LogP contribution in [0, 0.1) is 0 Å². The maximum atomic E-state index is 6.44. The second-order valence-corrected chi connectivity index (χ2v) is 19.9. The lowest BCUT2D eigenvalue weighted by atomic mass is 9.82. The number of benzene rings is 6. The van der Waals surface area contributed by atoms with Gasteiger partial charge in [0, 0.05) is 17.5 Å². The van der Waals surface area contributed by atoms with Gasteiger partial charge in [-0.2, -0.15) is 0 Å². The average molecular weight is 773 g/mol. The predicted molar refractivity (Wildman–Crippen MR) is 238 cm³/mol. The molecule has 6 aromatic rings. The molecule has 2 atom stereocenters. The molecule has 0 spiro atoms. The third kappa shape index (κ3) is 9.83. The molecule has 2 unspecified atom stereocenters. The molecule has 0 radical (unpaired) electrons. The molecular formula is C49H58O4P2. The summed E-state index contributed by atoms with van der Waals surface area (Å²) in [5.74, 6) is 3.30. The van der Waals surface area contributed by atoms with Gasteiger partial charge < -0.3 is 18.1 Å². The highest BCUT2D eigenvalue weighted by Gasteiger charge is 2.24. The molecule has 55 heavy (non-hydrogen) atoms. The van der Waals surface area contributed by atoms with Crippen LogP contribution >= 0.6 is 18.1 Å². The Labute approximate surface area is 333 Å². The number of hydrogen-bond donors (Lipinski definition) is 0. The van der Waals surface area contributed by atoms with Crippen LogP contribution in [0.1, 0.15) is 116 Å². The van der Waals surface area contributed by atoms with Crippen molar-refractivity contribution in [1.29, 1.82) is 0 Å². The van der Waals surface area contributed by atoms with E-state index >= 15 is 0 Å². The molecule has 0 fully saturated rings. The smallest absolute Gasteiger partial charge is 0.275 e. The number of para-hydroxylation sites is 2. The molecule has 0 saturated carbocycles. The largest absolute Gasteiger partial charge is 0.440 e. The van der Waals surface area contributed by atoms with Crippen molar-refractivity contribution in [2.75, 3.05) is 0 Å². The zero-order valence-corrected chi connectivity index (χ0v) is 36.7. The Hall–Kier alpha value is -4.10. The summed E-state index contributed by atoms with van der Waals surface area (Å²) in [6.07, 6.45) is 0.639. The molecular weight excluding hydrogens is 714 g/mol. The lowest BCUT2D eigenvalue weighted by molar-refractivity contribution is 0.490. The van der Waals surface area contributed by atoms with Gasteiger partial charge in [-0.25, -0.2) is 0 Å². The molecule has 0 heterocycles. The SMILES string of the molecule is CC(C)(C)c1ccc2cc(OPOc3ccccc3Cc3ccccc3OPOc3cc4ccc(C(C)(C)C)cc4cc3C(C)(C)C)c(C(C)(C)C)cc2c1. The Morgan fingerprint density at radius 1 is 0.364 bits per heavy atom. The minimum Gasteiger partial charge on any atom is -0.440 e. The topological polar surface area (TPSA) is 36.9 Å². The van der Waals surface area contributed by atoms with Gasteiger partial charge in [-0.3, -0.25) is 0 Å². The minimum atomic E-state index is -0.206. The van der Waals surface area contributed by atoms with Crippen LogP contribution in [-0.4, -0.2) is 0 Å². The summed E-state index contributed by atoms with van der Waals surface area (Å²) >= 11 is 0. The van der Waals surface area contributed by atoms with Crippen LogP contribution in [0.4, 0.5) is 0 Å². The average Bonchev–Trinajstić information content (AvgIpc) is 3.10. The summed E-state index contributed by atoms with van der Waals surface area (Å²) in [5, 5.41) is 4.78. The van der Waals surface area contributed by atoms with Gasteiger partial charge in [0.2, 0.25) is 0 Å². The fraction of sp³-hybridized carbons (Fsp3) is 0.347. The monoisotopic (exact) mass is 772 g/mol. The van der Waals surface area contributed by atoms with Crippen LogP contribution in [0.5, 0.6) is 23.0 Å². The van der Waals surface area contributed by atoms with Gasteiger partial charge in [0.15, 0.2) is 0 Å².